The number of carbonyl (C=O) groups excluding carboxylic acids is 5. The number of ether oxygens (including phenoxy) is 4. The van der Waals surface area contributed by atoms with E-state index in [4.69, 9.17) is 18.9 Å². The van der Waals surface area contributed by atoms with E-state index in [1.807, 2.05) is 0 Å². The van der Waals surface area contributed by atoms with Crippen molar-refractivity contribution in [1.82, 2.24) is 4.90 Å². The van der Waals surface area contributed by atoms with Gasteiger partial charge < -0.3 is 24.1 Å². The predicted octanol–water partition coefficient (Wildman–Crippen LogP) is -0.205. The van der Waals surface area contributed by atoms with Crippen LogP contribution in [0.2, 0.25) is 0 Å². The summed E-state index contributed by atoms with van der Waals surface area (Å²) >= 11 is 0. The first-order valence-electron chi connectivity index (χ1n) is 9.40. The molecule has 0 spiro atoms. The Kier molecular flexibility index (Phi) is 6.37. The average Bonchev–Trinajstić information content (AvgIpc) is 2.94. The fourth-order valence-electron chi connectivity index (χ4n) is 3.71. The van der Waals surface area contributed by atoms with Crippen LogP contribution < -0.4 is 0 Å². The van der Waals surface area contributed by atoms with Crippen molar-refractivity contribution in [1.29, 1.82) is 0 Å². The van der Waals surface area contributed by atoms with Gasteiger partial charge in [0.05, 0.1) is 17.7 Å². The second kappa shape index (κ2) is 8.82. The lowest BCUT2D eigenvalue weighted by Gasteiger charge is -2.46. The van der Waals surface area contributed by atoms with Crippen molar-refractivity contribution in [2.24, 2.45) is 0 Å². The number of benzene rings is 1. The molecule has 0 saturated carbocycles. The SMILES string of the molecule is CC(=O)OC1O[C@H](CO)[C@@H](OC(C)=O)[C@H](OC(C)=O)[C@H]1N1C(=O)c2ccccc2C1=O. The van der Waals surface area contributed by atoms with E-state index in [-0.39, 0.29) is 11.1 Å². The molecular formula is C20H21NO10. The second-order valence-electron chi connectivity index (χ2n) is 7.00. The molecule has 0 radical (unpaired) electrons. The van der Waals surface area contributed by atoms with Crippen molar-refractivity contribution in [3.8, 4) is 0 Å². The molecule has 3 rings (SSSR count). The van der Waals surface area contributed by atoms with Gasteiger partial charge >= 0.3 is 17.9 Å². The molecule has 0 aromatic heterocycles. The van der Waals surface area contributed by atoms with Gasteiger partial charge in [0, 0.05) is 20.8 Å². The molecule has 0 aliphatic carbocycles. The first-order chi connectivity index (χ1) is 14.6. The minimum atomic E-state index is -1.59. The number of amides is 2. The summed E-state index contributed by atoms with van der Waals surface area (Å²) in [5.74, 6) is -3.86. The maximum Gasteiger partial charge on any atom is 0.305 e. The number of aliphatic hydroxyl groups excluding tert-OH is 1. The van der Waals surface area contributed by atoms with Gasteiger partial charge in [0.2, 0.25) is 6.29 Å². The number of fused-ring (bicyclic) bond motifs is 1. The molecule has 2 heterocycles. The van der Waals surface area contributed by atoms with Crippen molar-refractivity contribution < 1.29 is 48.0 Å². The van der Waals surface area contributed by atoms with Gasteiger partial charge in [0.25, 0.3) is 11.8 Å². The highest BCUT2D eigenvalue weighted by Gasteiger charge is 2.57. The fraction of sp³-hybridized carbons (Fsp3) is 0.450. The van der Waals surface area contributed by atoms with Gasteiger partial charge in [-0.15, -0.1) is 0 Å². The van der Waals surface area contributed by atoms with Gasteiger partial charge in [-0.05, 0) is 12.1 Å². The number of esters is 3. The minimum Gasteiger partial charge on any atom is -0.456 e. The largest absolute Gasteiger partial charge is 0.456 e. The molecule has 31 heavy (non-hydrogen) atoms. The van der Waals surface area contributed by atoms with Gasteiger partial charge in [-0.2, -0.15) is 0 Å². The van der Waals surface area contributed by atoms with E-state index in [1.54, 1.807) is 12.1 Å². The van der Waals surface area contributed by atoms with Crippen LogP contribution >= 0.6 is 0 Å². The van der Waals surface area contributed by atoms with Crippen LogP contribution in [0.15, 0.2) is 24.3 Å². The summed E-state index contributed by atoms with van der Waals surface area (Å²) in [7, 11) is 0. The van der Waals surface area contributed by atoms with Gasteiger partial charge in [-0.3, -0.25) is 28.9 Å². The summed E-state index contributed by atoms with van der Waals surface area (Å²) < 4.78 is 21.3. The zero-order chi connectivity index (χ0) is 22.9. The molecule has 1 N–H and O–H groups in total. The van der Waals surface area contributed by atoms with E-state index in [0.29, 0.717) is 0 Å². The van der Waals surface area contributed by atoms with Gasteiger partial charge in [-0.1, -0.05) is 12.1 Å². The highest BCUT2D eigenvalue weighted by atomic mass is 16.7. The Hall–Kier alpha value is -3.31. The first kappa shape index (κ1) is 22.4. The lowest BCUT2D eigenvalue weighted by molar-refractivity contribution is -0.277. The van der Waals surface area contributed by atoms with Crippen molar-refractivity contribution in [2.75, 3.05) is 6.61 Å². The Labute approximate surface area is 176 Å². The fourth-order valence-corrected chi connectivity index (χ4v) is 3.71. The molecule has 2 aliphatic heterocycles. The summed E-state index contributed by atoms with van der Waals surface area (Å²) in [5.41, 5.74) is 0.202. The summed E-state index contributed by atoms with van der Waals surface area (Å²) in [6.45, 7) is 2.56. The van der Waals surface area contributed by atoms with E-state index in [2.05, 4.69) is 0 Å². The molecule has 2 amide bonds. The zero-order valence-electron chi connectivity index (χ0n) is 17.0. The van der Waals surface area contributed by atoms with Crippen molar-refractivity contribution in [3.05, 3.63) is 35.4 Å². The second-order valence-corrected chi connectivity index (χ2v) is 7.00. The van der Waals surface area contributed by atoms with Crippen LogP contribution in [-0.2, 0) is 33.3 Å². The molecule has 1 saturated heterocycles. The molecule has 2 aliphatic rings. The molecule has 1 unspecified atom stereocenters. The van der Waals surface area contributed by atoms with Gasteiger partial charge in [-0.25, -0.2) is 0 Å². The van der Waals surface area contributed by atoms with Crippen molar-refractivity contribution in [3.63, 3.8) is 0 Å². The number of hydrogen-bond acceptors (Lipinski definition) is 10. The number of hydrogen-bond donors (Lipinski definition) is 1. The third-order valence-electron chi connectivity index (χ3n) is 4.80. The zero-order valence-corrected chi connectivity index (χ0v) is 17.0. The Morgan fingerprint density at radius 1 is 0.903 bits per heavy atom. The monoisotopic (exact) mass is 435 g/mol. The van der Waals surface area contributed by atoms with Gasteiger partial charge in [0.1, 0.15) is 12.1 Å². The molecule has 166 valence electrons. The van der Waals surface area contributed by atoms with E-state index in [1.165, 1.54) is 12.1 Å². The number of nitrogens with zero attached hydrogens (tertiary/aromatic N) is 1. The Morgan fingerprint density at radius 3 is 1.84 bits per heavy atom. The molecule has 11 nitrogen and oxygen atoms in total. The van der Waals surface area contributed by atoms with E-state index in [0.717, 1.165) is 25.7 Å². The van der Waals surface area contributed by atoms with Crippen LogP contribution in [0, 0.1) is 0 Å². The molecular weight excluding hydrogens is 414 g/mol. The van der Waals surface area contributed by atoms with Crippen LogP contribution in [0.5, 0.6) is 0 Å². The highest BCUT2D eigenvalue weighted by molar-refractivity contribution is 6.21. The average molecular weight is 435 g/mol. The molecule has 11 heteroatoms. The molecule has 1 aromatic rings. The minimum absolute atomic E-state index is 0.101. The topological polar surface area (TPSA) is 146 Å². The van der Waals surface area contributed by atoms with Crippen LogP contribution in [0.25, 0.3) is 0 Å². The summed E-state index contributed by atoms with van der Waals surface area (Å²) in [4.78, 5) is 62.1. The number of aliphatic hydroxyl groups is 1. The van der Waals surface area contributed by atoms with Crippen LogP contribution in [0.4, 0.5) is 0 Å². The van der Waals surface area contributed by atoms with Crippen molar-refractivity contribution in [2.45, 2.75) is 51.4 Å². The van der Waals surface area contributed by atoms with E-state index in [9.17, 15) is 29.1 Å². The maximum absolute atomic E-state index is 13.1. The quantitative estimate of drug-likeness (QED) is 0.375. The Bertz CT molecular complexity index is 893. The maximum atomic E-state index is 13.1. The highest BCUT2D eigenvalue weighted by Crippen LogP contribution is 2.35. The van der Waals surface area contributed by atoms with E-state index >= 15 is 0 Å². The van der Waals surface area contributed by atoms with Crippen LogP contribution in [0.3, 0.4) is 0 Å². The molecule has 1 aromatic carbocycles. The molecule has 1 fully saturated rings. The van der Waals surface area contributed by atoms with Crippen molar-refractivity contribution >= 4 is 29.7 Å². The predicted molar refractivity (Wildman–Crippen MR) is 99.4 cm³/mol. The number of carbonyl (C=O) groups is 5. The summed E-state index contributed by atoms with van der Waals surface area (Å²) in [6.07, 6.45) is -5.71. The Balaban J connectivity index is 2.11. The third-order valence-corrected chi connectivity index (χ3v) is 4.80. The normalized spacial score (nSPS) is 27.5. The lowest BCUT2D eigenvalue weighted by atomic mass is 9.95. The third kappa shape index (κ3) is 4.28. The molecule has 0 bridgehead atoms. The molecule has 5 atom stereocenters. The van der Waals surface area contributed by atoms with Gasteiger partial charge in [0.15, 0.2) is 12.2 Å². The smallest absolute Gasteiger partial charge is 0.305 e. The summed E-state index contributed by atoms with van der Waals surface area (Å²) in [5, 5.41) is 9.73. The number of rotatable bonds is 5. The first-order valence-corrected chi connectivity index (χ1v) is 9.40. The van der Waals surface area contributed by atoms with Crippen LogP contribution in [0.1, 0.15) is 41.5 Å². The number of imide groups is 1. The van der Waals surface area contributed by atoms with Crippen LogP contribution in [-0.4, -0.2) is 77.0 Å². The Morgan fingerprint density at radius 2 is 1.39 bits per heavy atom. The lowest BCUT2D eigenvalue weighted by Crippen LogP contribution is -2.67. The standard InChI is InChI=1S/C20H21NO10/c1-9(23)28-16-14(8-22)31-20(30-11(3)25)15(17(16)29-10(2)24)21-18(26)12-6-4-5-7-13(12)19(21)27/h4-7,14-17,20,22H,8H2,1-3H3/t14-,15-,16-,17-,20?/m1/s1. The summed E-state index contributed by atoms with van der Waals surface area (Å²) in [6, 6.07) is 4.55. The van der Waals surface area contributed by atoms with E-state index < -0.39 is 67.0 Å².